The van der Waals surface area contributed by atoms with Gasteiger partial charge in [-0.2, -0.15) is 4.31 Å². The average Bonchev–Trinajstić information content (AvgIpc) is 2.93. The topological polar surface area (TPSA) is 65.5 Å². The van der Waals surface area contributed by atoms with Crippen LogP contribution < -0.4 is 10.2 Å². The van der Waals surface area contributed by atoms with Crippen LogP contribution in [0.3, 0.4) is 0 Å². The van der Waals surface area contributed by atoms with E-state index in [9.17, 15) is 8.42 Å². The normalized spacial score (nSPS) is 17.8. The van der Waals surface area contributed by atoms with Gasteiger partial charge in [-0.1, -0.05) is 6.92 Å². The van der Waals surface area contributed by atoms with Crippen molar-refractivity contribution in [2.24, 2.45) is 0 Å². The van der Waals surface area contributed by atoms with Gasteiger partial charge >= 0.3 is 0 Å². The summed E-state index contributed by atoms with van der Waals surface area (Å²) in [6, 6.07) is 0. The Morgan fingerprint density at radius 3 is 2.68 bits per heavy atom. The monoisotopic (exact) mass is 304 g/mol. The first-order chi connectivity index (χ1) is 9.13. The number of aromatic nitrogens is 1. The van der Waals surface area contributed by atoms with E-state index in [0.717, 1.165) is 11.7 Å². The first kappa shape index (κ1) is 14.7. The first-order valence-electron chi connectivity index (χ1n) is 6.46. The van der Waals surface area contributed by atoms with E-state index < -0.39 is 10.0 Å². The Morgan fingerprint density at radius 1 is 1.37 bits per heavy atom. The summed E-state index contributed by atoms with van der Waals surface area (Å²) < 4.78 is 25.8. The van der Waals surface area contributed by atoms with Crippen LogP contribution in [0.1, 0.15) is 6.92 Å². The lowest BCUT2D eigenvalue weighted by molar-refractivity contribution is 0.384. The van der Waals surface area contributed by atoms with Crippen molar-refractivity contribution >= 4 is 26.5 Å². The van der Waals surface area contributed by atoms with Crippen LogP contribution in [0.15, 0.2) is 11.6 Å². The second-order valence-corrected chi connectivity index (χ2v) is 7.33. The van der Waals surface area contributed by atoms with Crippen molar-refractivity contribution in [3.63, 3.8) is 0 Å². The summed E-state index contributed by atoms with van der Waals surface area (Å²) in [6.07, 6.45) is 1.78. The second-order valence-electron chi connectivity index (χ2n) is 4.37. The quantitative estimate of drug-likeness (QED) is 0.761. The third kappa shape index (κ3) is 3.88. The SMILES string of the molecule is CCNCCS(=O)(=O)N1CCN(c2nccs2)CC1. The molecule has 1 aliphatic rings. The van der Waals surface area contributed by atoms with Crippen LogP contribution in [0, 0.1) is 0 Å². The van der Waals surface area contributed by atoms with E-state index in [1.54, 1.807) is 21.8 Å². The number of hydrogen-bond donors (Lipinski definition) is 1. The molecule has 6 nitrogen and oxygen atoms in total. The maximum atomic E-state index is 12.1. The summed E-state index contributed by atoms with van der Waals surface area (Å²) in [5.74, 6) is 0.179. The van der Waals surface area contributed by atoms with Gasteiger partial charge in [0.15, 0.2) is 5.13 Å². The molecular formula is C11H20N4O2S2. The summed E-state index contributed by atoms with van der Waals surface area (Å²) in [5, 5.41) is 5.97. The van der Waals surface area contributed by atoms with Gasteiger partial charge in [-0.15, -0.1) is 11.3 Å². The Balaban J connectivity index is 1.85. The third-order valence-corrected chi connectivity index (χ3v) is 5.81. The fourth-order valence-electron chi connectivity index (χ4n) is 2.04. The summed E-state index contributed by atoms with van der Waals surface area (Å²) in [4.78, 5) is 6.39. The molecule has 2 heterocycles. The van der Waals surface area contributed by atoms with Crippen molar-refractivity contribution in [3.05, 3.63) is 11.6 Å². The largest absolute Gasteiger partial charge is 0.345 e. The van der Waals surface area contributed by atoms with Gasteiger partial charge in [0.25, 0.3) is 0 Å². The molecule has 0 radical (unpaired) electrons. The molecule has 1 aliphatic heterocycles. The van der Waals surface area contributed by atoms with E-state index in [-0.39, 0.29) is 5.75 Å². The standard InChI is InChI=1S/C11H20N4O2S2/c1-2-12-4-10-19(16,17)15-7-5-14(6-8-15)11-13-3-9-18-11/h3,9,12H,2,4-8,10H2,1H3. The van der Waals surface area contributed by atoms with Crippen molar-refractivity contribution in [3.8, 4) is 0 Å². The molecule has 0 aromatic carbocycles. The summed E-state index contributed by atoms with van der Waals surface area (Å²) in [6.45, 7) is 5.82. The Morgan fingerprint density at radius 2 is 2.11 bits per heavy atom. The van der Waals surface area contributed by atoms with Gasteiger partial charge in [0.2, 0.25) is 10.0 Å². The maximum absolute atomic E-state index is 12.1. The van der Waals surface area contributed by atoms with Gasteiger partial charge in [-0.25, -0.2) is 13.4 Å². The molecule has 108 valence electrons. The van der Waals surface area contributed by atoms with Crippen LogP contribution in [-0.2, 0) is 10.0 Å². The van der Waals surface area contributed by atoms with Gasteiger partial charge in [-0.05, 0) is 6.54 Å². The van der Waals surface area contributed by atoms with Crippen molar-refractivity contribution in [2.75, 3.05) is 49.9 Å². The second kappa shape index (κ2) is 6.65. The molecule has 1 saturated heterocycles. The minimum Gasteiger partial charge on any atom is -0.345 e. The minimum absolute atomic E-state index is 0.179. The fraction of sp³-hybridized carbons (Fsp3) is 0.727. The first-order valence-corrected chi connectivity index (χ1v) is 8.95. The Kier molecular flexibility index (Phi) is 5.14. The molecule has 1 aromatic rings. The number of piperazine rings is 1. The molecule has 8 heteroatoms. The number of sulfonamides is 1. The zero-order chi connectivity index (χ0) is 13.7. The molecule has 1 fully saturated rings. The van der Waals surface area contributed by atoms with E-state index in [4.69, 9.17) is 0 Å². The van der Waals surface area contributed by atoms with Crippen molar-refractivity contribution in [1.29, 1.82) is 0 Å². The van der Waals surface area contributed by atoms with E-state index >= 15 is 0 Å². The zero-order valence-corrected chi connectivity index (χ0v) is 12.7. The van der Waals surface area contributed by atoms with Crippen LogP contribution in [-0.4, -0.2) is 62.7 Å². The van der Waals surface area contributed by atoms with Gasteiger partial charge in [0, 0.05) is 44.3 Å². The third-order valence-electron chi connectivity index (χ3n) is 3.11. The van der Waals surface area contributed by atoms with Crippen LogP contribution in [0.2, 0.25) is 0 Å². The molecule has 19 heavy (non-hydrogen) atoms. The molecule has 1 aromatic heterocycles. The predicted molar refractivity (Wildman–Crippen MR) is 78.2 cm³/mol. The van der Waals surface area contributed by atoms with Crippen molar-refractivity contribution in [2.45, 2.75) is 6.92 Å². The molecule has 2 rings (SSSR count). The lowest BCUT2D eigenvalue weighted by atomic mass is 10.4. The summed E-state index contributed by atoms with van der Waals surface area (Å²) in [5.41, 5.74) is 0. The van der Waals surface area contributed by atoms with Gasteiger partial charge < -0.3 is 10.2 Å². The van der Waals surface area contributed by atoms with Crippen LogP contribution in [0.5, 0.6) is 0 Å². The van der Waals surface area contributed by atoms with E-state index in [1.807, 2.05) is 12.3 Å². The average molecular weight is 304 g/mol. The van der Waals surface area contributed by atoms with Gasteiger partial charge in [0.05, 0.1) is 5.75 Å². The number of rotatable bonds is 6. The van der Waals surface area contributed by atoms with Crippen molar-refractivity contribution < 1.29 is 8.42 Å². The van der Waals surface area contributed by atoms with E-state index in [2.05, 4.69) is 15.2 Å². The van der Waals surface area contributed by atoms with Gasteiger partial charge in [0.1, 0.15) is 0 Å². The predicted octanol–water partition coefficient (Wildman–Crippen LogP) is 0.204. The number of nitrogens with zero attached hydrogens (tertiary/aromatic N) is 3. The number of nitrogens with one attached hydrogen (secondary N) is 1. The van der Waals surface area contributed by atoms with Crippen molar-refractivity contribution in [1.82, 2.24) is 14.6 Å². The zero-order valence-electron chi connectivity index (χ0n) is 11.1. The highest BCUT2D eigenvalue weighted by Crippen LogP contribution is 2.19. The Hall–Kier alpha value is -0.700. The molecule has 1 N–H and O–H groups in total. The molecule has 0 bridgehead atoms. The number of hydrogen-bond acceptors (Lipinski definition) is 6. The molecule has 0 aliphatic carbocycles. The summed E-state index contributed by atoms with van der Waals surface area (Å²) >= 11 is 1.59. The summed E-state index contributed by atoms with van der Waals surface area (Å²) in [7, 11) is -3.12. The number of thiazole rings is 1. The molecule has 0 saturated carbocycles. The maximum Gasteiger partial charge on any atom is 0.215 e. The highest BCUT2D eigenvalue weighted by Gasteiger charge is 2.27. The van der Waals surface area contributed by atoms with Crippen LogP contribution in [0.4, 0.5) is 5.13 Å². The Bertz CT molecular complexity index is 467. The van der Waals surface area contributed by atoms with Crippen LogP contribution in [0.25, 0.3) is 0 Å². The lowest BCUT2D eigenvalue weighted by Gasteiger charge is -2.33. The molecular weight excluding hydrogens is 284 g/mol. The highest BCUT2D eigenvalue weighted by atomic mass is 32.2. The lowest BCUT2D eigenvalue weighted by Crippen LogP contribution is -2.50. The van der Waals surface area contributed by atoms with E-state index in [1.165, 1.54) is 0 Å². The smallest absolute Gasteiger partial charge is 0.215 e. The number of anilines is 1. The van der Waals surface area contributed by atoms with Crippen LogP contribution >= 0.6 is 11.3 Å². The molecule has 0 amide bonds. The van der Waals surface area contributed by atoms with Gasteiger partial charge in [-0.3, -0.25) is 0 Å². The fourth-order valence-corrected chi connectivity index (χ4v) is 4.11. The van der Waals surface area contributed by atoms with E-state index in [0.29, 0.717) is 32.7 Å². The molecule has 0 unspecified atom stereocenters. The highest BCUT2D eigenvalue weighted by molar-refractivity contribution is 7.89. The molecule has 0 spiro atoms. The Labute approximate surface area is 118 Å². The molecule has 0 atom stereocenters. The minimum atomic E-state index is -3.12.